The molecule has 1 aliphatic heterocycles. The average molecular weight is 233 g/mol. The zero-order valence-corrected chi connectivity index (χ0v) is 10.4. The second kappa shape index (κ2) is 4.59. The number of aliphatic hydroxyl groups is 1. The number of likely N-dealkylation sites (tertiary alicyclic amines) is 1. The van der Waals surface area contributed by atoms with E-state index in [4.69, 9.17) is 0 Å². The molecule has 0 aromatic heterocycles. The van der Waals surface area contributed by atoms with E-state index in [1.165, 1.54) is 0 Å². The minimum absolute atomic E-state index is 0.0653. The van der Waals surface area contributed by atoms with Crippen LogP contribution in [0.4, 0.5) is 0 Å². The molecule has 1 atom stereocenters. The molecule has 0 saturated carbocycles. The van der Waals surface area contributed by atoms with Crippen molar-refractivity contribution < 1.29 is 9.90 Å². The zero-order valence-electron chi connectivity index (χ0n) is 10.4. The van der Waals surface area contributed by atoms with Gasteiger partial charge in [0, 0.05) is 25.1 Å². The molecular formula is C14H19NO2. The van der Waals surface area contributed by atoms with E-state index in [9.17, 15) is 9.90 Å². The maximum Gasteiger partial charge on any atom is 0.160 e. The third-order valence-electron chi connectivity index (χ3n) is 3.44. The first-order chi connectivity index (χ1) is 8.00. The number of β-amino-alcohol motifs (C(OH)–C–C–N with tert-alkyl or cyclic N) is 1. The van der Waals surface area contributed by atoms with Crippen LogP contribution in [0.25, 0.3) is 0 Å². The molecule has 3 heteroatoms. The smallest absolute Gasteiger partial charge is 0.160 e. The number of Topliss-reactive ketones (excluding diaryl/α,β-unsaturated/α-hetero) is 1. The van der Waals surface area contributed by atoms with Gasteiger partial charge >= 0.3 is 0 Å². The predicted molar refractivity (Wildman–Crippen MR) is 67.2 cm³/mol. The van der Waals surface area contributed by atoms with Gasteiger partial charge in [0.1, 0.15) is 0 Å². The quantitative estimate of drug-likeness (QED) is 0.804. The Morgan fingerprint density at radius 3 is 2.76 bits per heavy atom. The fourth-order valence-electron chi connectivity index (χ4n) is 2.58. The highest BCUT2D eigenvalue weighted by molar-refractivity contribution is 5.95. The third-order valence-corrected chi connectivity index (χ3v) is 3.44. The number of ketones is 1. The monoisotopic (exact) mass is 233 g/mol. The summed E-state index contributed by atoms with van der Waals surface area (Å²) in [5.41, 5.74) is 1.01. The van der Waals surface area contributed by atoms with Gasteiger partial charge in [-0.05, 0) is 26.0 Å². The Morgan fingerprint density at radius 1 is 1.47 bits per heavy atom. The van der Waals surface area contributed by atoms with Gasteiger partial charge in [-0.15, -0.1) is 0 Å². The molecule has 17 heavy (non-hydrogen) atoms. The van der Waals surface area contributed by atoms with Crippen molar-refractivity contribution in [2.45, 2.75) is 25.4 Å². The molecule has 0 spiro atoms. The number of rotatable bonds is 3. The fraction of sp³-hybridized carbons (Fsp3) is 0.500. The largest absolute Gasteiger partial charge is 0.388 e. The molecule has 1 fully saturated rings. The first kappa shape index (κ1) is 12.3. The van der Waals surface area contributed by atoms with Crippen molar-refractivity contribution in [2.24, 2.45) is 0 Å². The summed E-state index contributed by atoms with van der Waals surface area (Å²) < 4.78 is 0. The third kappa shape index (κ3) is 2.73. The molecule has 1 unspecified atom stereocenters. The van der Waals surface area contributed by atoms with Crippen molar-refractivity contribution >= 4 is 5.78 Å². The SMILES string of the molecule is CC(=O)c1ccccc1CC1(O)CCN(C)C1. The van der Waals surface area contributed by atoms with Crippen LogP contribution in [0.3, 0.4) is 0 Å². The molecule has 1 aromatic rings. The number of carbonyl (C=O) groups is 1. The van der Waals surface area contributed by atoms with Gasteiger partial charge in [-0.1, -0.05) is 24.3 Å². The van der Waals surface area contributed by atoms with Crippen molar-refractivity contribution in [1.29, 1.82) is 0 Å². The summed E-state index contributed by atoms with van der Waals surface area (Å²) in [6.07, 6.45) is 1.34. The van der Waals surface area contributed by atoms with E-state index in [1.54, 1.807) is 6.92 Å². The number of hydrogen-bond acceptors (Lipinski definition) is 3. The Bertz CT molecular complexity index is 430. The minimum Gasteiger partial charge on any atom is -0.388 e. The second-order valence-corrected chi connectivity index (χ2v) is 5.10. The highest BCUT2D eigenvalue weighted by atomic mass is 16.3. The average Bonchev–Trinajstić information content (AvgIpc) is 2.59. The van der Waals surface area contributed by atoms with E-state index in [0.29, 0.717) is 13.0 Å². The van der Waals surface area contributed by atoms with E-state index >= 15 is 0 Å². The van der Waals surface area contributed by atoms with Gasteiger partial charge in [0.15, 0.2) is 5.78 Å². The van der Waals surface area contributed by atoms with Gasteiger partial charge in [0.05, 0.1) is 5.60 Å². The Balaban J connectivity index is 2.21. The highest BCUT2D eigenvalue weighted by Crippen LogP contribution is 2.26. The molecule has 1 aliphatic rings. The van der Waals surface area contributed by atoms with Gasteiger partial charge < -0.3 is 10.0 Å². The molecule has 1 saturated heterocycles. The summed E-state index contributed by atoms with van der Waals surface area (Å²) in [4.78, 5) is 13.6. The van der Waals surface area contributed by atoms with Gasteiger partial charge in [-0.25, -0.2) is 0 Å². The van der Waals surface area contributed by atoms with Gasteiger partial charge in [-0.3, -0.25) is 4.79 Å². The molecule has 0 amide bonds. The maximum absolute atomic E-state index is 11.5. The van der Waals surface area contributed by atoms with Crippen molar-refractivity contribution in [3.05, 3.63) is 35.4 Å². The van der Waals surface area contributed by atoms with Gasteiger partial charge in [-0.2, -0.15) is 0 Å². The summed E-state index contributed by atoms with van der Waals surface area (Å²) in [7, 11) is 2.01. The van der Waals surface area contributed by atoms with E-state index < -0.39 is 5.60 Å². The van der Waals surface area contributed by atoms with E-state index in [0.717, 1.165) is 24.1 Å². The van der Waals surface area contributed by atoms with Crippen LogP contribution in [0, 0.1) is 0 Å². The Morgan fingerprint density at radius 2 is 2.18 bits per heavy atom. The van der Waals surface area contributed by atoms with Crippen molar-refractivity contribution in [2.75, 3.05) is 20.1 Å². The number of benzene rings is 1. The number of hydrogen-bond donors (Lipinski definition) is 1. The highest BCUT2D eigenvalue weighted by Gasteiger charge is 2.35. The molecular weight excluding hydrogens is 214 g/mol. The second-order valence-electron chi connectivity index (χ2n) is 5.10. The van der Waals surface area contributed by atoms with Crippen LogP contribution < -0.4 is 0 Å². The van der Waals surface area contributed by atoms with Crippen LogP contribution in [0.5, 0.6) is 0 Å². The predicted octanol–water partition coefficient (Wildman–Crippen LogP) is 1.50. The topological polar surface area (TPSA) is 40.5 Å². The van der Waals surface area contributed by atoms with Crippen LogP contribution in [-0.4, -0.2) is 41.5 Å². The summed E-state index contributed by atoms with van der Waals surface area (Å²) in [6.45, 7) is 3.17. The summed E-state index contributed by atoms with van der Waals surface area (Å²) >= 11 is 0. The van der Waals surface area contributed by atoms with E-state index in [-0.39, 0.29) is 5.78 Å². The maximum atomic E-state index is 11.5. The lowest BCUT2D eigenvalue weighted by Gasteiger charge is -2.23. The molecule has 0 aliphatic carbocycles. The Hall–Kier alpha value is -1.19. The minimum atomic E-state index is -0.680. The lowest BCUT2D eigenvalue weighted by molar-refractivity contribution is 0.0521. The Kier molecular flexibility index (Phi) is 3.31. The lowest BCUT2D eigenvalue weighted by atomic mass is 9.90. The van der Waals surface area contributed by atoms with E-state index in [1.807, 2.05) is 31.3 Å². The summed E-state index contributed by atoms with van der Waals surface area (Å²) in [5.74, 6) is 0.0653. The first-order valence-corrected chi connectivity index (χ1v) is 6.00. The summed E-state index contributed by atoms with van der Waals surface area (Å²) in [6, 6.07) is 7.56. The first-order valence-electron chi connectivity index (χ1n) is 6.00. The van der Waals surface area contributed by atoms with Crippen LogP contribution in [0.15, 0.2) is 24.3 Å². The number of likely N-dealkylation sites (N-methyl/N-ethyl adjacent to an activating group) is 1. The van der Waals surface area contributed by atoms with Gasteiger partial charge in [0.2, 0.25) is 0 Å². The molecule has 1 aromatic carbocycles. The fourth-order valence-corrected chi connectivity index (χ4v) is 2.58. The van der Waals surface area contributed by atoms with Crippen LogP contribution in [-0.2, 0) is 6.42 Å². The molecule has 1 heterocycles. The normalized spacial score (nSPS) is 25.1. The molecule has 1 N–H and O–H groups in total. The lowest BCUT2D eigenvalue weighted by Crippen LogP contribution is -2.34. The van der Waals surface area contributed by atoms with Crippen LogP contribution >= 0.6 is 0 Å². The molecule has 3 nitrogen and oxygen atoms in total. The zero-order chi connectivity index (χ0) is 12.5. The Labute approximate surface area is 102 Å². The molecule has 92 valence electrons. The van der Waals surface area contributed by atoms with Crippen LogP contribution in [0.1, 0.15) is 29.3 Å². The van der Waals surface area contributed by atoms with Crippen molar-refractivity contribution in [1.82, 2.24) is 4.90 Å². The van der Waals surface area contributed by atoms with Gasteiger partial charge in [0.25, 0.3) is 0 Å². The van der Waals surface area contributed by atoms with Crippen molar-refractivity contribution in [3.63, 3.8) is 0 Å². The number of nitrogens with zero attached hydrogens (tertiary/aromatic N) is 1. The molecule has 0 bridgehead atoms. The van der Waals surface area contributed by atoms with Crippen molar-refractivity contribution in [3.8, 4) is 0 Å². The standard InChI is InChI=1S/C14H19NO2/c1-11(16)13-6-4-3-5-12(13)9-14(17)7-8-15(2)10-14/h3-6,17H,7-10H2,1-2H3. The summed E-state index contributed by atoms with van der Waals surface area (Å²) in [5, 5.41) is 10.5. The van der Waals surface area contributed by atoms with E-state index in [2.05, 4.69) is 4.90 Å². The molecule has 0 radical (unpaired) electrons. The van der Waals surface area contributed by atoms with Crippen LogP contribution in [0.2, 0.25) is 0 Å². The number of carbonyl (C=O) groups excluding carboxylic acids is 1. The molecule has 2 rings (SSSR count).